The average Bonchev–Trinajstić information content (AvgIpc) is 3.48. The molecule has 7 rings (SSSR count). The number of nitrogens with zero attached hydrogens (tertiary/aromatic N) is 4. The minimum Gasteiger partial charge on any atom is -0.342 e. The molecule has 3 aromatic heterocycles. The number of piperidine rings is 1. The van der Waals surface area contributed by atoms with E-state index in [-0.39, 0.29) is 22.0 Å². The van der Waals surface area contributed by atoms with Gasteiger partial charge in [-0.15, -0.1) is 0 Å². The number of hydrogen-bond donors (Lipinski definition) is 3. The Labute approximate surface area is 211 Å². The molecule has 184 valence electrons. The smallest absolute Gasteiger partial charge is 0.263 e. The van der Waals surface area contributed by atoms with Gasteiger partial charge in [0.15, 0.2) is 5.65 Å². The molecule has 2 aliphatic carbocycles. The first-order valence-corrected chi connectivity index (χ1v) is 12.7. The molecule has 1 aromatic carbocycles. The number of nitrogens with two attached hydrogens (primary N) is 1. The SMILES string of the molecule is N[C@@H]1c2ccccc2CC12CCN(c1nc3[nH]nc(C4(c5ccnc(F)c5Cl)CC4)c3c(=O)[nH]1)CC2. The average molecular weight is 506 g/mol. The van der Waals surface area contributed by atoms with Gasteiger partial charge in [-0.2, -0.15) is 14.5 Å². The summed E-state index contributed by atoms with van der Waals surface area (Å²) in [6.07, 6.45) is 5.67. The van der Waals surface area contributed by atoms with Crippen LogP contribution in [0.4, 0.5) is 10.3 Å². The van der Waals surface area contributed by atoms with Crippen molar-refractivity contribution in [2.75, 3.05) is 18.0 Å². The summed E-state index contributed by atoms with van der Waals surface area (Å²) in [7, 11) is 0. The summed E-state index contributed by atoms with van der Waals surface area (Å²) in [6.45, 7) is 1.51. The number of halogens is 2. The lowest BCUT2D eigenvalue weighted by Crippen LogP contribution is -2.45. The van der Waals surface area contributed by atoms with E-state index in [1.54, 1.807) is 6.07 Å². The highest BCUT2D eigenvalue weighted by Gasteiger charge is 2.51. The van der Waals surface area contributed by atoms with Crippen LogP contribution in [0.15, 0.2) is 41.3 Å². The van der Waals surface area contributed by atoms with Gasteiger partial charge in [0, 0.05) is 30.7 Å². The molecule has 0 radical (unpaired) electrons. The molecule has 0 bridgehead atoms. The van der Waals surface area contributed by atoms with Crippen molar-refractivity contribution in [2.24, 2.45) is 11.1 Å². The van der Waals surface area contributed by atoms with Crippen molar-refractivity contribution >= 4 is 28.6 Å². The summed E-state index contributed by atoms with van der Waals surface area (Å²) in [5.41, 5.74) is 10.1. The van der Waals surface area contributed by atoms with Crippen LogP contribution in [0.3, 0.4) is 0 Å². The number of fused-ring (bicyclic) bond motifs is 2. The van der Waals surface area contributed by atoms with Crippen molar-refractivity contribution in [3.63, 3.8) is 0 Å². The van der Waals surface area contributed by atoms with Crippen molar-refractivity contribution < 1.29 is 4.39 Å². The fourth-order valence-corrected chi connectivity index (χ4v) is 6.73. The van der Waals surface area contributed by atoms with Gasteiger partial charge < -0.3 is 10.6 Å². The Kier molecular flexibility index (Phi) is 4.63. The number of aromatic amines is 2. The van der Waals surface area contributed by atoms with Crippen LogP contribution in [-0.4, -0.2) is 38.2 Å². The highest BCUT2D eigenvalue weighted by Crippen LogP contribution is 2.56. The summed E-state index contributed by atoms with van der Waals surface area (Å²) in [5, 5.41) is 7.78. The lowest BCUT2D eigenvalue weighted by Gasteiger charge is -2.42. The summed E-state index contributed by atoms with van der Waals surface area (Å²) in [5.74, 6) is -0.193. The molecule has 8 nitrogen and oxygen atoms in total. The van der Waals surface area contributed by atoms with E-state index in [9.17, 15) is 9.18 Å². The first-order valence-electron chi connectivity index (χ1n) is 12.3. The Morgan fingerprint density at radius 3 is 2.67 bits per heavy atom. The van der Waals surface area contributed by atoms with Crippen molar-refractivity contribution in [2.45, 2.75) is 43.6 Å². The Hall–Kier alpha value is -3.30. The highest BCUT2D eigenvalue weighted by atomic mass is 35.5. The maximum atomic E-state index is 14.1. The monoisotopic (exact) mass is 505 g/mol. The summed E-state index contributed by atoms with van der Waals surface area (Å²) < 4.78 is 14.1. The summed E-state index contributed by atoms with van der Waals surface area (Å²) in [6, 6.07) is 10.2. The number of hydrogen-bond acceptors (Lipinski definition) is 6. The third kappa shape index (κ3) is 3.02. The zero-order valence-electron chi connectivity index (χ0n) is 19.5. The Morgan fingerprint density at radius 1 is 1.14 bits per heavy atom. The van der Waals surface area contributed by atoms with Crippen LogP contribution in [0.2, 0.25) is 5.02 Å². The number of H-pyrrole nitrogens is 2. The summed E-state index contributed by atoms with van der Waals surface area (Å²) >= 11 is 6.25. The molecular weight excluding hydrogens is 481 g/mol. The Balaban J connectivity index is 1.18. The number of pyridine rings is 1. The first kappa shape index (κ1) is 21.9. The van der Waals surface area contributed by atoms with Gasteiger partial charge in [0.2, 0.25) is 11.9 Å². The van der Waals surface area contributed by atoms with Crippen molar-refractivity contribution in [1.29, 1.82) is 0 Å². The number of aromatic nitrogens is 5. The van der Waals surface area contributed by atoms with Gasteiger partial charge in [0.25, 0.3) is 5.56 Å². The predicted octanol–water partition coefficient (Wildman–Crippen LogP) is 3.76. The van der Waals surface area contributed by atoms with Gasteiger partial charge in [-0.05, 0) is 60.3 Å². The van der Waals surface area contributed by atoms with Gasteiger partial charge in [-0.25, -0.2) is 4.98 Å². The van der Waals surface area contributed by atoms with Gasteiger partial charge >= 0.3 is 0 Å². The van der Waals surface area contributed by atoms with Crippen molar-refractivity contribution in [3.05, 3.63) is 80.2 Å². The van der Waals surface area contributed by atoms with Gasteiger partial charge in [0.1, 0.15) is 5.39 Å². The number of anilines is 1. The highest BCUT2D eigenvalue weighted by molar-refractivity contribution is 6.31. The molecule has 4 aromatic rings. The second-order valence-corrected chi connectivity index (χ2v) is 10.8. The molecule has 3 aliphatic rings. The predicted molar refractivity (Wildman–Crippen MR) is 135 cm³/mol. The van der Waals surface area contributed by atoms with Gasteiger partial charge in [-0.3, -0.25) is 14.9 Å². The van der Waals surface area contributed by atoms with E-state index in [1.165, 1.54) is 17.3 Å². The molecule has 1 saturated carbocycles. The fraction of sp³-hybridized carbons (Fsp3) is 0.385. The molecule has 0 amide bonds. The quantitative estimate of drug-likeness (QED) is 0.365. The standard InChI is InChI=1S/C26H25ClFN7O/c27-18-16(5-10-30-21(18)28)26(6-7-26)20-17-22(34-33-20)31-24(32-23(17)36)35-11-8-25(9-12-35)13-14-3-1-2-4-15(14)19(25)29/h1-5,10,19H,6-9,11-13,29H2,(H2,31,32,33,34,36)/t19-/m1/s1. The number of rotatable bonds is 3. The third-order valence-corrected chi connectivity index (χ3v) is 8.99. The van der Waals surface area contributed by atoms with E-state index in [0.29, 0.717) is 41.1 Å². The summed E-state index contributed by atoms with van der Waals surface area (Å²) in [4.78, 5) is 26.8. The van der Waals surface area contributed by atoms with Crippen molar-refractivity contribution in [1.82, 2.24) is 25.1 Å². The molecule has 36 heavy (non-hydrogen) atoms. The molecule has 1 saturated heterocycles. The van der Waals surface area contributed by atoms with Crippen LogP contribution in [0.1, 0.15) is 54.1 Å². The number of benzene rings is 1. The first-order chi connectivity index (χ1) is 17.4. The lowest BCUT2D eigenvalue weighted by atomic mass is 9.73. The molecular formula is C26H25ClFN7O. The van der Waals surface area contributed by atoms with Crippen molar-refractivity contribution in [3.8, 4) is 0 Å². The zero-order chi connectivity index (χ0) is 24.7. The Bertz CT molecular complexity index is 1570. The normalized spacial score (nSPS) is 21.8. The minimum atomic E-state index is -0.720. The molecule has 0 unspecified atom stereocenters. The molecule has 4 heterocycles. The van der Waals surface area contributed by atoms with Crippen LogP contribution >= 0.6 is 11.6 Å². The van der Waals surface area contributed by atoms with E-state index < -0.39 is 11.4 Å². The molecule has 1 atom stereocenters. The largest absolute Gasteiger partial charge is 0.342 e. The van der Waals surface area contributed by atoms with E-state index in [1.807, 2.05) is 0 Å². The fourth-order valence-electron chi connectivity index (χ4n) is 6.44. The van der Waals surface area contributed by atoms with Crippen LogP contribution < -0.4 is 16.2 Å². The maximum Gasteiger partial charge on any atom is 0.263 e. The third-order valence-electron chi connectivity index (χ3n) is 8.63. The molecule has 2 fully saturated rings. The topological polar surface area (TPSA) is 117 Å². The second kappa shape index (κ2) is 7.60. The van der Waals surface area contributed by atoms with Gasteiger partial charge in [0.05, 0.1) is 10.7 Å². The van der Waals surface area contributed by atoms with Gasteiger partial charge in [-0.1, -0.05) is 35.9 Å². The van der Waals surface area contributed by atoms with E-state index in [2.05, 4.69) is 49.3 Å². The van der Waals surface area contributed by atoms with Crippen LogP contribution in [-0.2, 0) is 11.8 Å². The zero-order valence-corrected chi connectivity index (χ0v) is 20.3. The molecule has 1 spiro atoms. The Morgan fingerprint density at radius 2 is 1.92 bits per heavy atom. The van der Waals surface area contributed by atoms with Crippen LogP contribution in [0.25, 0.3) is 11.0 Å². The maximum absolute atomic E-state index is 14.1. The number of nitrogens with one attached hydrogen (secondary N) is 2. The minimum absolute atomic E-state index is 0.0262. The molecule has 10 heteroatoms. The van der Waals surface area contributed by atoms with Crippen LogP contribution in [0, 0.1) is 11.4 Å². The van der Waals surface area contributed by atoms with E-state index in [0.717, 1.165) is 32.4 Å². The van der Waals surface area contributed by atoms with E-state index in [4.69, 9.17) is 22.3 Å². The molecule has 1 aliphatic heterocycles. The van der Waals surface area contributed by atoms with Crippen LogP contribution in [0.5, 0.6) is 0 Å². The van der Waals surface area contributed by atoms with E-state index >= 15 is 0 Å². The lowest BCUT2D eigenvalue weighted by molar-refractivity contribution is 0.187. The molecule has 4 N–H and O–H groups in total. The second-order valence-electron chi connectivity index (χ2n) is 10.4.